The van der Waals surface area contributed by atoms with Crippen LogP contribution in [0, 0.1) is 0 Å². The molecular weight excluding hydrogens is 418 g/mol. The number of rotatable bonds is 8. The van der Waals surface area contributed by atoms with Gasteiger partial charge in [-0.25, -0.2) is 0 Å². The van der Waals surface area contributed by atoms with Gasteiger partial charge in [0, 0.05) is 13.5 Å². The molecule has 0 bridgehead atoms. The standard InChI is InChI=1S/C21H21N5O4S/c1-3-10-25-19(29)15-6-4-5-7-16(15)26-20(25)23-24-21(26)31-12-17(28)18-9-8-14(30-18)11-22-13(2)27/h4-9H,3,10-12H2,1-2H3,(H,22,27). The number of amides is 1. The Balaban J connectivity index is 1.62. The van der Waals surface area contributed by atoms with E-state index < -0.39 is 0 Å². The maximum atomic E-state index is 12.9. The number of nitrogens with one attached hydrogen (secondary N) is 1. The first kappa shape index (κ1) is 20.9. The van der Waals surface area contributed by atoms with E-state index in [0.29, 0.717) is 34.1 Å². The predicted octanol–water partition coefficient (Wildman–Crippen LogP) is 2.66. The Morgan fingerprint density at radius 3 is 2.74 bits per heavy atom. The minimum absolute atomic E-state index is 0.0924. The van der Waals surface area contributed by atoms with E-state index in [2.05, 4.69) is 15.5 Å². The maximum absolute atomic E-state index is 12.9. The molecule has 1 aromatic carbocycles. The first-order valence-corrected chi connectivity index (χ1v) is 10.8. The number of hydrogen-bond acceptors (Lipinski definition) is 7. The van der Waals surface area contributed by atoms with E-state index >= 15 is 0 Å². The van der Waals surface area contributed by atoms with E-state index in [-0.39, 0.29) is 35.3 Å². The summed E-state index contributed by atoms with van der Waals surface area (Å²) in [5.74, 6) is 0.889. The van der Waals surface area contributed by atoms with E-state index in [9.17, 15) is 14.4 Å². The number of Topliss-reactive ketones (excluding diaryl/α,β-unsaturated/α-hetero) is 1. The normalized spacial score (nSPS) is 11.3. The fraction of sp³-hybridized carbons (Fsp3) is 0.286. The molecule has 10 heteroatoms. The smallest absolute Gasteiger partial charge is 0.262 e. The number of para-hydroxylation sites is 1. The Morgan fingerprint density at radius 2 is 1.97 bits per heavy atom. The van der Waals surface area contributed by atoms with Crippen LogP contribution >= 0.6 is 11.8 Å². The molecule has 0 radical (unpaired) electrons. The molecule has 0 aliphatic carbocycles. The third kappa shape index (κ3) is 4.11. The van der Waals surface area contributed by atoms with Crippen molar-refractivity contribution in [2.45, 2.75) is 38.5 Å². The summed E-state index contributed by atoms with van der Waals surface area (Å²) in [5, 5.41) is 12.2. The van der Waals surface area contributed by atoms with E-state index in [0.717, 1.165) is 6.42 Å². The molecule has 0 fully saturated rings. The number of thioether (sulfide) groups is 1. The SMILES string of the molecule is CCCn1c(=O)c2ccccc2n2c(SCC(=O)c3ccc(CNC(C)=O)o3)nnc12. The molecule has 31 heavy (non-hydrogen) atoms. The van der Waals surface area contributed by atoms with Crippen molar-refractivity contribution in [3.63, 3.8) is 0 Å². The molecule has 0 saturated carbocycles. The molecule has 0 unspecified atom stereocenters. The predicted molar refractivity (Wildman–Crippen MR) is 116 cm³/mol. The van der Waals surface area contributed by atoms with Crippen molar-refractivity contribution in [3.8, 4) is 0 Å². The third-order valence-corrected chi connectivity index (χ3v) is 5.63. The van der Waals surface area contributed by atoms with Crippen LogP contribution in [0.5, 0.6) is 0 Å². The van der Waals surface area contributed by atoms with Crippen molar-refractivity contribution in [2.75, 3.05) is 5.75 Å². The van der Waals surface area contributed by atoms with Crippen LogP contribution in [0.2, 0.25) is 0 Å². The van der Waals surface area contributed by atoms with Gasteiger partial charge in [0.25, 0.3) is 5.56 Å². The molecule has 0 aliphatic heterocycles. The van der Waals surface area contributed by atoms with Gasteiger partial charge in [0.2, 0.25) is 17.5 Å². The topological polar surface area (TPSA) is 112 Å². The lowest BCUT2D eigenvalue weighted by atomic mass is 10.2. The van der Waals surface area contributed by atoms with Gasteiger partial charge < -0.3 is 9.73 Å². The fourth-order valence-electron chi connectivity index (χ4n) is 3.29. The van der Waals surface area contributed by atoms with Crippen molar-refractivity contribution in [1.29, 1.82) is 0 Å². The van der Waals surface area contributed by atoms with E-state index in [1.807, 2.05) is 29.5 Å². The molecule has 1 N–H and O–H groups in total. The Kier molecular flexibility index (Phi) is 5.90. The number of ketones is 1. The number of fused-ring (bicyclic) bond motifs is 3. The first-order chi connectivity index (χ1) is 15.0. The Morgan fingerprint density at radius 1 is 1.16 bits per heavy atom. The summed E-state index contributed by atoms with van der Waals surface area (Å²) in [6.45, 7) is 4.16. The zero-order valence-corrected chi connectivity index (χ0v) is 17.9. The van der Waals surface area contributed by atoms with Gasteiger partial charge in [0.05, 0.1) is 23.2 Å². The summed E-state index contributed by atoms with van der Waals surface area (Å²) in [6.07, 6.45) is 0.779. The van der Waals surface area contributed by atoms with Crippen LogP contribution in [-0.2, 0) is 17.9 Å². The first-order valence-electron chi connectivity index (χ1n) is 9.85. The summed E-state index contributed by atoms with van der Waals surface area (Å²) < 4.78 is 8.95. The number of carbonyl (C=O) groups is 2. The number of benzene rings is 1. The summed E-state index contributed by atoms with van der Waals surface area (Å²) in [7, 11) is 0. The van der Waals surface area contributed by atoms with Gasteiger partial charge in [-0.3, -0.25) is 23.4 Å². The number of furan rings is 1. The lowest BCUT2D eigenvalue weighted by Gasteiger charge is -2.10. The minimum atomic E-state index is -0.206. The Bertz CT molecular complexity index is 1340. The molecule has 0 spiro atoms. The van der Waals surface area contributed by atoms with Gasteiger partial charge in [-0.15, -0.1) is 10.2 Å². The summed E-state index contributed by atoms with van der Waals surface area (Å²) in [4.78, 5) is 36.5. The Labute approximate surface area is 181 Å². The van der Waals surface area contributed by atoms with Crippen LogP contribution in [-0.4, -0.2) is 36.6 Å². The van der Waals surface area contributed by atoms with Crippen LogP contribution in [0.25, 0.3) is 16.7 Å². The van der Waals surface area contributed by atoms with Crippen LogP contribution in [0.15, 0.2) is 50.8 Å². The monoisotopic (exact) mass is 439 g/mol. The van der Waals surface area contributed by atoms with Crippen molar-refractivity contribution in [2.24, 2.45) is 0 Å². The number of carbonyl (C=O) groups excluding carboxylic acids is 2. The van der Waals surface area contributed by atoms with Gasteiger partial charge in [-0.2, -0.15) is 0 Å². The average Bonchev–Trinajstić information content (AvgIpc) is 3.41. The molecule has 3 aromatic heterocycles. The van der Waals surface area contributed by atoms with Crippen LogP contribution in [0.3, 0.4) is 0 Å². The van der Waals surface area contributed by atoms with E-state index in [1.54, 1.807) is 22.8 Å². The number of nitrogens with zero attached hydrogens (tertiary/aromatic N) is 4. The highest BCUT2D eigenvalue weighted by molar-refractivity contribution is 7.99. The maximum Gasteiger partial charge on any atom is 0.262 e. The molecule has 160 valence electrons. The van der Waals surface area contributed by atoms with Gasteiger partial charge in [-0.1, -0.05) is 30.8 Å². The van der Waals surface area contributed by atoms with Crippen LogP contribution < -0.4 is 10.9 Å². The van der Waals surface area contributed by atoms with Crippen molar-refractivity contribution >= 4 is 40.1 Å². The Hall–Kier alpha value is -3.40. The van der Waals surface area contributed by atoms with Gasteiger partial charge >= 0.3 is 0 Å². The minimum Gasteiger partial charge on any atom is -0.456 e. The molecule has 0 atom stereocenters. The van der Waals surface area contributed by atoms with Gasteiger partial charge in [0.1, 0.15) is 5.76 Å². The summed E-state index contributed by atoms with van der Waals surface area (Å²) in [6, 6.07) is 10.6. The van der Waals surface area contributed by atoms with Crippen molar-refractivity contribution in [1.82, 2.24) is 24.5 Å². The molecule has 9 nitrogen and oxygen atoms in total. The van der Waals surface area contributed by atoms with Crippen molar-refractivity contribution < 1.29 is 14.0 Å². The second-order valence-corrected chi connectivity index (χ2v) is 7.92. The number of hydrogen-bond donors (Lipinski definition) is 1. The molecule has 0 aliphatic rings. The highest BCUT2D eigenvalue weighted by Crippen LogP contribution is 2.23. The molecule has 4 rings (SSSR count). The van der Waals surface area contributed by atoms with E-state index in [4.69, 9.17) is 4.42 Å². The molecule has 0 saturated heterocycles. The summed E-state index contributed by atoms with van der Waals surface area (Å²) in [5.41, 5.74) is 0.595. The van der Waals surface area contributed by atoms with Gasteiger partial charge in [0.15, 0.2) is 10.9 Å². The highest BCUT2D eigenvalue weighted by Gasteiger charge is 2.18. The summed E-state index contributed by atoms with van der Waals surface area (Å²) >= 11 is 1.23. The van der Waals surface area contributed by atoms with Crippen molar-refractivity contribution in [3.05, 3.63) is 58.3 Å². The lowest BCUT2D eigenvalue weighted by molar-refractivity contribution is -0.119. The number of aryl methyl sites for hydroxylation is 1. The quantitative estimate of drug-likeness (QED) is 0.332. The molecule has 1 amide bonds. The number of aromatic nitrogens is 4. The van der Waals surface area contributed by atoms with Gasteiger partial charge in [-0.05, 0) is 30.7 Å². The molecular formula is C21H21N5O4S. The highest BCUT2D eigenvalue weighted by atomic mass is 32.2. The second-order valence-electron chi connectivity index (χ2n) is 6.98. The largest absolute Gasteiger partial charge is 0.456 e. The second kappa shape index (κ2) is 8.76. The van der Waals surface area contributed by atoms with E-state index in [1.165, 1.54) is 18.7 Å². The van der Waals surface area contributed by atoms with Crippen LogP contribution in [0.4, 0.5) is 0 Å². The third-order valence-electron chi connectivity index (χ3n) is 4.71. The van der Waals surface area contributed by atoms with Crippen LogP contribution in [0.1, 0.15) is 36.6 Å². The lowest BCUT2D eigenvalue weighted by Crippen LogP contribution is -2.23. The zero-order chi connectivity index (χ0) is 22.0. The fourth-order valence-corrected chi connectivity index (χ4v) is 4.10. The molecule has 3 heterocycles. The zero-order valence-electron chi connectivity index (χ0n) is 17.1. The average molecular weight is 439 g/mol. The molecule has 4 aromatic rings.